The summed E-state index contributed by atoms with van der Waals surface area (Å²) in [6.07, 6.45) is 5.03. The molecule has 1 aromatic rings. The molecule has 1 atom stereocenters. The van der Waals surface area contributed by atoms with Crippen molar-refractivity contribution in [2.24, 2.45) is 9.98 Å². The SMILES string of the molecule is CC[C@@H]1CN2C=NC(N3CCN(C(=O)c4ccc(C)s4)CC3)=CC2=N1. The number of aliphatic imine (C=N–C) groups is 2. The van der Waals surface area contributed by atoms with Gasteiger partial charge in [0, 0.05) is 43.7 Å². The van der Waals surface area contributed by atoms with Gasteiger partial charge in [-0.3, -0.25) is 9.79 Å². The topological polar surface area (TPSA) is 51.5 Å². The third kappa shape index (κ3) is 3.20. The molecule has 0 aromatic carbocycles. The molecule has 0 unspecified atom stereocenters. The number of nitrogens with zero attached hydrogens (tertiary/aromatic N) is 5. The van der Waals surface area contributed by atoms with E-state index in [1.54, 1.807) is 11.3 Å². The second-order valence-electron chi connectivity index (χ2n) is 6.64. The molecule has 6 nitrogen and oxygen atoms in total. The second kappa shape index (κ2) is 6.63. The quantitative estimate of drug-likeness (QED) is 0.833. The molecule has 0 aliphatic carbocycles. The number of piperazine rings is 1. The van der Waals surface area contributed by atoms with Crippen molar-refractivity contribution in [3.05, 3.63) is 33.8 Å². The van der Waals surface area contributed by atoms with Gasteiger partial charge >= 0.3 is 0 Å². The van der Waals surface area contributed by atoms with Crippen molar-refractivity contribution in [1.82, 2.24) is 14.7 Å². The Labute approximate surface area is 152 Å². The van der Waals surface area contributed by atoms with E-state index in [2.05, 4.69) is 27.8 Å². The number of amidine groups is 1. The maximum atomic E-state index is 12.6. The Morgan fingerprint density at radius 3 is 2.76 bits per heavy atom. The molecule has 132 valence electrons. The Morgan fingerprint density at radius 2 is 2.08 bits per heavy atom. The van der Waals surface area contributed by atoms with Crippen molar-refractivity contribution in [3.8, 4) is 0 Å². The van der Waals surface area contributed by atoms with Crippen molar-refractivity contribution in [3.63, 3.8) is 0 Å². The van der Waals surface area contributed by atoms with Crippen LogP contribution in [-0.4, -0.2) is 71.5 Å². The van der Waals surface area contributed by atoms with Crippen LogP contribution in [0.3, 0.4) is 0 Å². The summed E-state index contributed by atoms with van der Waals surface area (Å²) in [6.45, 7) is 8.22. The number of amides is 1. The van der Waals surface area contributed by atoms with Gasteiger partial charge in [-0.25, -0.2) is 4.99 Å². The average molecular weight is 357 g/mol. The Hall–Kier alpha value is -2.15. The van der Waals surface area contributed by atoms with Crippen molar-refractivity contribution in [2.75, 3.05) is 32.7 Å². The summed E-state index contributed by atoms with van der Waals surface area (Å²) < 4.78 is 0. The van der Waals surface area contributed by atoms with Gasteiger partial charge in [0.15, 0.2) is 0 Å². The van der Waals surface area contributed by atoms with E-state index in [1.807, 2.05) is 30.3 Å². The fraction of sp³-hybridized carbons (Fsp3) is 0.500. The lowest BCUT2D eigenvalue weighted by molar-refractivity contribution is 0.0673. The van der Waals surface area contributed by atoms with Crippen LogP contribution < -0.4 is 0 Å². The summed E-state index contributed by atoms with van der Waals surface area (Å²) in [5.41, 5.74) is 0. The molecule has 0 saturated carbocycles. The smallest absolute Gasteiger partial charge is 0.264 e. The minimum absolute atomic E-state index is 0.149. The number of hydrogen-bond donors (Lipinski definition) is 0. The number of carbonyl (C=O) groups is 1. The number of hydrogen-bond acceptors (Lipinski definition) is 6. The van der Waals surface area contributed by atoms with E-state index in [9.17, 15) is 4.79 Å². The monoisotopic (exact) mass is 357 g/mol. The molecular formula is C18H23N5OS. The van der Waals surface area contributed by atoms with Gasteiger partial charge in [0.05, 0.1) is 17.3 Å². The van der Waals surface area contributed by atoms with Gasteiger partial charge in [-0.2, -0.15) is 0 Å². The summed E-state index contributed by atoms with van der Waals surface area (Å²) in [4.78, 5) is 30.2. The summed E-state index contributed by atoms with van der Waals surface area (Å²) in [5, 5.41) is 0. The van der Waals surface area contributed by atoms with Crippen LogP contribution in [0.2, 0.25) is 0 Å². The summed E-state index contributed by atoms with van der Waals surface area (Å²) in [6, 6.07) is 4.31. The maximum absolute atomic E-state index is 12.6. The molecule has 1 aromatic heterocycles. The highest BCUT2D eigenvalue weighted by Gasteiger charge is 2.28. The second-order valence-corrected chi connectivity index (χ2v) is 7.93. The maximum Gasteiger partial charge on any atom is 0.264 e. The van der Waals surface area contributed by atoms with Gasteiger partial charge in [-0.1, -0.05) is 6.92 Å². The Bertz CT molecular complexity index is 757. The molecule has 0 radical (unpaired) electrons. The Balaban J connectivity index is 1.39. The first-order valence-corrected chi connectivity index (χ1v) is 9.66. The highest BCUT2D eigenvalue weighted by atomic mass is 32.1. The molecule has 25 heavy (non-hydrogen) atoms. The first kappa shape index (κ1) is 16.3. The van der Waals surface area contributed by atoms with E-state index in [4.69, 9.17) is 4.99 Å². The van der Waals surface area contributed by atoms with E-state index in [0.717, 1.165) is 55.7 Å². The highest BCUT2D eigenvalue weighted by Crippen LogP contribution is 2.21. The molecule has 4 rings (SSSR count). The first-order chi connectivity index (χ1) is 12.1. The van der Waals surface area contributed by atoms with Crippen molar-refractivity contribution in [1.29, 1.82) is 0 Å². The molecule has 1 amide bonds. The predicted molar refractivity (Wildman–Crippen MR) is 101 cm³/mol. The minimum atomic E-state index is 0.149. The lowest BCUT2D eigenvalue weighted by atomic mass is 10.2. The predicted octanol–water partition coefficient (Wildman–Crippen LogP) is 2.19. The Kier molecular flexibility index (Phi) is 4.33. The van der Waals surface area contributed by atoms with Crippen LogP contribution in [0, 0.1) is 6.92 Å². The van der Waals surface area contributed by atoms with Gasteiger partial charge in [-0.15, -0.1) is 11.3 Å². The third-order valence-corrected chi connectivity index (χ3v) is 5.91. The normalized spacial score (nSPS) is 22.8. The molecule has 4 heterocycles. The molecule has 0 bridgehead atoms. The van der Waals surface area contributed by atoms with Crippen LogP contribution in [0.1, 0.15) is 27.9 Å². The lowest BCUT2D eigenvalue weighted by Crippen LogP contribution is -2.48. The van der Waals surface area contributed by atoms with E-state index in [1.165, 1.54) is 4.88 Å². The molecular weight excluding hydrogens is 334 g/mol. The standard InChI is InChI=1S/C18H23N5OS/c1-3-14-11-23-12-19-16(10-17(23)20-14)21-6-8-22(9-7-21)18(24)15-5-4-13(2)25-15/h4-5,10,12,14H,3,6-9,11H2,1-2H3/t14-/m1/s1. The lowest BCUT2D eigenvalue weighted by Gasteiger charge is -2.36. The molecule has 0 N–H and O–H groups in total. The average Bonchev–Trinajstić information content (AvgIpc) is 3.26. The van der Waals surface area contributed by atoms with Crippen LogP contribution in [0.15, 0.2) is 34.0 Å². The van der Waals surface area contributed by atoms with E-state index < -0.39 is 0 Å². The van der Waals surface area contributed by atoms with Gasteiger partial charge in [-0.05, 0) is 25.5 Å². The fourth-order valence-corrected chi connectivity index (χ4v) is 4.20. The summed E-state index contributed by atoms with van der Waals surface area (Å²) in [7, 11) is 0. The summed E-state index contributed by atoms with van der Waals surface area (Å²) in [5.74, 6) is 2.13. The minimum Gasteiger partial charge on any atom is -0.353 e. The summed E-state index contributed by atoms with van der Waals surface area (Å²) >= 11 is 1.57. The number of thiophene rings is 1. The van der Waals surface area contributed by atoms with Crippen LogP contribution in [0.5, 0.6) is 0 Å². The zero-order chi connectivity index (χ0) is 17.4. The largest absolute Gasteiger partial charge is 0.353 e. The van der Waals surface area contributed by atoms with Crippen molar-refractivity contribution < 1.29 is 4.79 Å². The molecule has 0 spiro atoms. The van der Waals surface area contributed by atoms with E-state index >= 15 is 0 Å². The molecule has 1 saturated heterocycles. The van der Waals surface area contributed by atoms with E-state index in [-0.39, 0.29) is 5.91 Å². The highest BCUT2D eigenvalue weighted by molar-refractivity contribution is 7.13. The molecule has 3 aliphatic rings. The van der Waals surface area contributed by atoms with Gasteiger partial charge < -0.3 is 14.7 Å². The van der Waals surface area contributed by atoms with Crippen molar-refractivity contribution in [2.45, 2.75) is 26.3 Å². The van der Waals surface area contributed by atoms with Crippen LogP contribution in [-0.2, 0) is 0 Å². The van der Waals surface area contributed by atoms with Crippen LogP contribution in [0.25, 0.3) is 0 Å². The molecule has 1 fully saturated rings. The molecule has 7 heteroatoms. The number of fused-ring (bicyclic) bond motifs is 1. The zero-order valence-corrected chi connectivity index (χ0v) is 15.5. The van der Waals surface area contributed by atoms with Crippen LogP contribution >= 0.6 is 11.3 Å². The number of rotatable bonds is 3. The fourth-order valence-electron chi connectivity index (χ4n) is 3.37. The van der Waals surface area contributed by atoms with Gasteiger partial charge in [0.2, 0.25) is 0 Å². The van der Waals surface area contributed by atoms with E-state index in [0.29, 0.717) is 6.04 Å². The van der Waals surface area contributed by atoms with Crippen LogP contribution in [0.4, 0.5) is 0 Å². The van der Waals surface area contributed by atoms with Crippen molar-refractivity contribution >= 4 is 29.4 Å². The zero-order valence-electron chi connectivity index (χ0n) is 14.7. The third-order valence-electron chi connectivity index (χ3n) is 4.92. The van der Waals surface area contributed by atoms with Gasteiger partial charge in [0.1, 0.15) is 11.7 Å². The first-order valence-electron chi connectivity index (χ1n) is 8.85. The molecule has 3 aliphatic heterocycles. The number of carbonyl (C=O) groups excluding carboxylic acids is 1. The number of aryl methyl sites for hydroxylation is 1. The van der Waals surface area contributed by atoms with Gasteiger partial charge in [0.25, 0.3) is 5.91 Å². The Morgan fingerprint density at radius 1 is 1.28 bits per heavy atom.